The highest BCUT2D eigenvalue weighted by molar-refractivity contribution is 5.76. The highest BCUT2D eigenvalue weighted by Crippen LogP contribution is 2.11. The van der Waals surface area contributed by atoms with Gasteiger partial charge in [-0.25, -0.2) is 4.79 Å². The number of nitrogens with one attached hydrogen (secondary N) is 2. The van der Waals surface area contributed by atoms with Crippen molar-refractivity contribution in [3.05, 3.63) is 0 Å². The molecule has 0 saturated carbocycles. The molecule has 0 aromatic carbocycles. The average molecular weight is 227 g/mol. The largest absolute Gasteiger partial charge is 0.377 e. The standard InChI is InChI=1S/C11H21N3O2/c15-11-13-5-7-14(11)6-4-12-9-10-3-1-2-8-16-10/h10,12H,1-9H2,(H,13,15). The third-order valence-corrected chi connectivity index (χ3v) is 3.15. The SMILES string of the molecule is O=C1NCCN1CCNCC1CCCCO1. The molecule has 0 aliphatic carbocycles. The van der Waals surface area contributed by atoms with Gasteiger partial charge in [-0.3, -0.25) is 0 Å². The Hall–Kier alpha value is -0.810. The van der Waals surface area contributed by atoms with Crippen molar-refractivity contribution in [2.24, 2.45) is 0 Å². The van der Waals surface area contributed by atoms with Gasteiger partial charge in [0.1, 0.15) is 0 Å². The van der Waals surface area contributed by atoms with Crippen LogP contribution in [-0.4, -0.2) is 56.4 Å². The summed E-state index contributed by atoms with van der Waals surface area (Å²) >= 11 is 0. The molecule has 2 heterocycles. The molecule has 1 atom stereocenters. The van der Waals surface area contributed by atoms with Gasteiger partial charge in [0, 0.05) is 39.3 Å². The fourth-order valence-electron chi connectivity index (χ4n) is 2.17. The van der Waals surface area contributed by atoms with Gasteiger partial charge in [-0.05, 0) is 19.3 Å². The molecule has 5 nitrogen and oxygen atoms in total. The number of urea groups is 1. The molecule has 2 fully saturated rings. The summed E-state index contributed by atoms with van der Waals surface area (Å²) in [6, 6.07) is 0.0655. The Kier molecular flexibility index (Phi) is 4.42. The Balaban J connectivity index is 1.52. The van der Waals surface area contributed by atoms with Crippen molar-refractivity contribution in [1.29, 1.82) is 0 Å². The van der Waals surface area contributed by atoms with Gasteiger partial charge in [0.25, 0.3) is 0 Å². The summed E-state index contributed by atoms with van der Waals surface area (Å²) in [5.41, 5.74) is 0. The zero-order chi connectivity index (χ0) is 11.2. The van der Waals surface area contributed by atoms with Crippen LogP contribution >= 0.6 is 0 Å². The lowest BCUT2D eigenvalue weighted by Crippen LogP contribution is -2.38. The number of carbonyl (C=O) groups is 1. The lowest BCUT2D eigenvalue weighted by Gasteiger charge is -2.23. The van der Waals surface area contributed by atoms with Gasteiger partial charge in [0.15, 0.2) is 0 Å². The van der Waals surface area contributed by atoms with Crippen molar-refractivity contribution >= 4 is 6.03 Å². The van der Waals surface area contributed by atoms with E-state index < -0.39 is 0 Å². The van der Waals surface area contributed by atoms with Gasteiger partial charge >= 0.3 is 6.03 Å². The molecule has 5 heteroatoms. The maximum atomic E-state index is 11.2. The normalized spacial score (nSPS) is 25.9. The predicted molar refractivity (Wildman–Crippen MR) is 61.4 cm³/mol. The van der Waals surface area contributed by atoms with E-state index in [-0.39, 0.29) is 6.03 Å². The second kappa shape index (κ2) is 6.06. The Bertz CT molecular complexity index is 229. The zero-order valence-electron chi connectivity index (χ0n) is 9.71. The third-order valence-electron chi connectivity index (χ3n) is 3.15. The molecule has 2 rings (SSSR count). The van der Waals surface area contributed by atoms with E-state index in [1.165, 1.54) is 12.8 Å². The minimum atomic E-state index is 0.0655. The fourth-order valence-corrected chi connectivity index (χ4v) is 2.17. The van der Waals surface area contributed by atoms with Crippen LogP contribution in [-0.2, 0) is 4.74 Å². The maximum Gasteiger partial charge on any atom is 0.317 e. The Morgan fingerprint density at radius 3 is 3.12 bits per heavy atom. The van der Waals surface area contributed by atoms with Gasteiger partial charge in [-0.15, -0.1) is 0 Å². The number of carbonyl (C=O) groups excluding carboxylic acids is 1. The monoisotopic (exact) mass is 227 g/mol. The minimum Gasteiger partial charge on any atom is -0.377 e. The van der Waals surface area contributed by atoms with Gasteiger partial charge < -0.3 is 20.3 Å². The number of hydrogen-bond acceptors (Lipinski definition) is 3. The lowest BCUT2D eigenvalue weighted by molar-refractivity contribution is 0.0169. The summed E-state index contributed by atoms with van der Waals surface area (Å²) in [5.74, 6) is 0. The molecule has 0 aromatic heterocycles. The van der Waals surface area contributed by atoms with Gasteiger partial charge in [-0.2, -0.15) is 0 Å². The molecular weight excluding hydrogens is 206 g/mol. The van der Waals surface area contributed by atoms with E-state index in [9.17, 15) is 4.79 Å². The molecule has 0 spiro atoms. The van der Waals surface area contributed by atoms with E-state index >= 15 is 0 Å². The first-order valence-corrected chi connectivity index (χ1v) is 6.21. The third kappa shape index (κ3) is 3.35. The summed E-state index contributed by atoms with van der Waals surface area (Å²) < 4.78 is 5.62. The number of amides is 2. The summed E-state index contributed by atoms with van der Waals surface area (Å²) in [4.78, 5) is 13.1. The van der Waals surface area contributed by atoms with Crippen LogP contribution in [0.25, 0.3) is 0 Å². The summed E-state index contributed by atoms with van der Waals surface area (Å²) in [5, 5.41) is 6.15. The zero-order valence-corrected chi connectivity index (χ0v) is 9.71. The molecule has 2 amide bonds. The first kappa shape index (κ1) is 11.7. The topological polar surface area (TPSA) is 53.6 Å². The fraction of sp³-hybridized carbons (Fsp3) is 0.909. The van der Waals surface area contributed by atoms with Crippen LogP contribution in [0.5, 0.6) is 0 Å². The molecule has 0 aromatic rings. The lowest BCUT2D eigenvalue weighted by atomic mass is 10.1. The number of ether oxygens (including phenoxy) is 1. The van der Waals surface area contributed by atoms with Crippen LogP contribution in [0.4, 0.5) is 4.79 Å². The number of nitrogens with zero attached hydrogens (tertiary/aromatic N) is 1. The molecule has 0 radical (unpaired) electrons. The maximum absolute atomic E-state index is 11.2. The predicted octanol–water partition coefficient (Wildman–Crippen LogP) is 0.170. The van der Waals surface area contributed by atoms with Crippen LogP contribution in [0.1, 0.15) is 19.3 Å². The minimum absolute atomic E-state index is 0.0655. The first-order chi connectivity index (χ1) is 7.86. The quantitative estimate of drug-likeness (QED) is 0.658. The molecule has 2 N–H and O–H groups in total. The van der Waals surface area contributed by atoms with Crippen LogP contribution in [0.2, 0.25) is 0 Å². The van der Waals surface area contributed by atoms with Gasteiger partial charge in [0.2, 0.25) is 0 Å². The molecule has 2 aliphatic heterocycles. The van der Waals surface area contributed by atoms with Crippen molar-refractivity contribution in [3.63, 3.8) is 0 Å². The van der Waals surface area contributed by atoms with E-state index in [2.05, 4.69) is 10.6 Å². The Morgan fingerprint density at radius 2 is 2.44 bits per heavy atom. The molecule has 1 unspecified atom stereocenters. The molecule has 0 bridgehead atoms. The molecule has 16 heavy (non-hydrogen) atoms. The molecular formula is C11H21N3O2. The van der Waals surface area contributed by atoms with E-state index in [4.69, 9.17) is 4.74 Å². The molecule has 2 aliphatic rings. The van der Waals surface area contributed by atoms with Crippen molar-refractivity contribution < 1.29 is 9.53 Å². The van der Waals surface area contributed by atoms with Gasteiger partial charge in [0.05, 0.1) is 6.10 Å². The van der Waals surface area contributed by atoms with Crippen LogP contribution in [0, 0.1) is 0 Å². The smallest absolute Gasteiger partial charge is 0.317 e. The number of rotatable bonds is 5. The first-order valence-electron chi connectivity index (χ1n) is 6.21. The highest BCUT2D eigenvalue weighted by Gasteiger charge is 2.18. The molecule has 92 valence electrons. The average Bonchev–Trinajstić information content (AvgIpc) is 2.72. The van der Waals surface area contributed by atoms with E-state index in [0.717, 1.165) is 45.8 Å². The van der Waals surface area contributed by atoms with Gasteiger partial charge in [-0.1, -0.05) is 0 Å². The Morgan fingerprint density at radius 1 is 1.50 bits per heavy atom. The second-order valence-electron chi connectivity index (χ2n) is 4.41. The van der Waals surface area contributed by atoms with Crippen molar-refractivity contribution in [3.8, 4) is 0 Å². The summed E-state index contributed by atoms with van der Waals surface area (Å²) in [6.07, 6.45) is 4.02. The van der Waals surface area contributed by atoms with E-state index in [1.54, 1.807) is 0 Å². The second-order valence-corrected chi connectivity index (χ2v) is 4.41. The highest BCUT2D eigenvalue weighted by atomic mass is 16.5. The van der Waals surface area contributed by atoms with Crippen LogP contribution < -0.4 is 10.6 Å². The summed E-state index contributed by atoms with van der Waals surface area (Å²) in [7, 11) is 0. The van der Waals surface area contributed by atoms with E-state index in [1.807, 2.05) is 4.90 Å². The van der Waals surface area contributed by atoms with Crippen molar-refractivity contribution in [2.45, 2.75) is 25.4 Å². The van der Waals surface area contributed by atoms with E-state index in [0.29, 0.717) is 6.10 Å². The molecule has 2 saturated heterocycles. The Labute approximate surface area is 96.5 Å². The van der Waals surface area contributed by atoms with Crippen LogP contribution in [0.3, 0.4) is 0 Å². The van der Waals surface area contributed by atoms with Crippen molar-refractivity contribution in [1.82, 2.24) is 15.5 Å². The summed E-state index contributed by atoms with van der Waals surface area (Å²) in [6.45, 7) is 5.08. The van der Waals surface area contributed by atoms with Crippen molar-refractivity contribution in [2.75, 3.05) is 39.3 Å². The number of hydrogen-bond donors (Lipinski definition) is 2. The van der Waals surface area contributed by atoms with Crippen LogP contribution in [0.15, 0.2) is 0 Å².